The number of hydrogen-bond donors (Lipinski definition) is 6. The minimum Gasteiger partial charge on any atom is -0.481 e. The van der Waals surface area contributed by atoms with Crippen LogP contribution in [-0.4, -0.2) is 64.5 Å². The summed E-state index contributed by atoms with van der Waals surface area (Å²) < 4.78 is 0. The van der Waals surface area contributed by atoms with E-state index in [9.17, 15) is 24.0 Å². The Balaban J connectivity index is 4.90. The fourth-order valence-electron chi connectivity index (χ4n) is 2.46. The molecule has 0 aromatic rings. The zero-order valence-corrected chi connectivity index (χ0v) is 17.2. The minimum absolute atomic E-state index is 0.147. The first kappa shape index (κ1) is 26.3. The number of nitrogens with two attached hydrogens (primary N) is 1. The number of carboxylic acids is 2. The minimum atomic E-state index is -1.20. The highest BCUT2D eigenvalue weighted by molar-refractivity contribution is 5.92. The maximum atomic E-state index is 12.3. The lowest BCUT2D eigenvalue weighted by atomic mass is 10.0. The molecule has 0 fully saturated rings. The molecule has 29 heavy (non-hydrogen) atoms. The van der Waals surface area contributed by atoms with Crippen LogP contribution in [0.1, 0.15) is 47.0 Å². The summed E-state index contributed by atoms with van der Waals surface area (Å²) in [6.07, 6.45) is -0.182. The van der Waals surface area contributed by atoms with Crippen LogP contribution in [0.15, 0.2) is 0 Å². The molecule has 0 aliphatic heterocycles. The van der Waals surface area contributed by atoms with Gasteiger partial charge in [0.05, 0.1) is 12.6 Å². The molecule has 0 aliphatic carbocycles. The van der Waals surface area contributed by atoms with Gasteiger partial charge >= 0.3 is 11.9 Å². The predicted molar refractivity (Wildman–Crippen MR) is 104 cm³/mol. The van der Waals surface area contributed by atoms with Crippen molar-refractivity contribution >= 4 is 29.7 Å². The van der Waals surface area contributed by atoms with E-state index in [2.05, 4.69) is 16.0 Å². The van der Waals surface area contributed by atoms with Crippen LogP contribution in [-0.2, 0) is 24.0 Å². The first-order chi connectivity index (χ1) is 13.3. The van der Waals surface area contributed by atoms with Gasteiger partial charge in [-0.3, -0.25) is 19.2 Å². The number of aliphatic carboxylic acids is 2. The Morgan fingerprint density at radius 2 is 1.52 bits per heavy atom. The van der Waals surface area contributed by atoms with E-state index in [0.29, 0.717) is 6.42 Å². The van der Waals surface area contributed by atoms with E-state index in [-0.39, 0.29) is 24.7 Å². The third kappa shape index (κ3) is 11.0. The van der Waals surface area contributed by atoms with Crippen molar-refractivity contribution in [3.8, 4) is 0 Å². The van der Waals surface area contributed by atoms with Crippen LogP contribution < -0.4 is 21.7 Å². The highest BCUT2D eigenvalue weighted by Crippen LogP contribution is 2.05. The molecule has 0 saturated heterocycles. The Labute approximate surface area is 169 Å². The van der Waals surface area contributed by atoms with Gasteiger partial charge in [-0.15, -0.1) is 0 Å². The lowest BCUT2D eigenvalue weighted by molar-refractivity contribution is -0.143. The Kier molecular flexibility index (Phi) is 11.5. The molecule has 0 aliphatic rings. The monoisotopic (exact) mass is 416 g/mol. The van der Waals surface area contributed by atoms with E-state index in [0.717, 1.165) is 0 Å². The summed E-state index contributed by atoms with van der Waals surface area (Å²) in [4.78, 5) is 58.4. The van der Waals surface area contributed by atoms with Gasteiger partial charge in [0.25, 0.3) is 0 Å². The Morgan fingerprint density at radius 1 is 0.931 bits per heavy atom. The second-order valence-corrected chi connectivity index (χ2v) is 7.57. The van der Waals surface area contributed by atoms with Crippen molar-refractivity contribution in [1.29, 1.82) is 0 Å². The van der Waals surface area contributed by atoms with E-state index < -0.39 is 54.3 Å². The van der Waals surface area contributed by atoms with Gasteiger partial charge in [0.1, 0.15) is 12.1 Å². The van der Waals surface area contributed by atoms with Crippen molar-refractivity contribution in [3.05, 3.63) is 0 Å². The number of nitrogens with one attached hydrogen (secondary N) is 3. The van der Waals surface area contributed by atoms with Crippen LogP contribution in [0.25, 0.3) is 0 Å². The van der Waals surface area contributed by atoms with Gasteiger partial charge < -0.3 is 31.9 Å². The Bertz CT molecular complexity index is 607. The number of carbonyl (C=O) groups is 5. The highest BCUT2D eigenvalue weighted by Gasteiger charge is 2.27. The molecular formula is C18H32N4O7. The van der Waals surface area contributed by atoms with Gasteiger partial charge in [0.2, 0.25) is 17.7 Å². The third-order valence-electron chi connectivity index (χ3n) is 4.01. The number of amides is 3. The molecule has 166 valence electrons. The number of hydrogen-bond acceptors (Lipinski definition) is 6. The molecule has 11 heteroatoms. The molecule has 0 radical (unpaired) electrons. The SMILES string of the molecule is CC(C)CC(N)C(=O)NC(CCC(=O)O)C(=O)NCC(=O)NC(C(=O)O)C(C)C. The normalized spacial score (nSPS) is 14.0. The molecule has 11 nitrogen and oxygen atoms in total. The van der Waals surface area contributed by atoms with E-state index >= 15 is 0 Å². The lowest BCUT2D eigenvalue weighted by Crippen LogP contribution is -2.54. The summed E-state index contributed by atoms with van der Waals surface area (Å²) in [5.74, 6) is -4.65. The zero-order chi connectivity index (χ0) is 22.7. The van der Waals surface area contributed by atoms with Crippen molar-refractivity contribution in [1.82, 2.24) is 16.0 Å². The van der Waals surface area contributed by atoms with Crippen LogP contribution in [0, 0.1) is 11.8 Å². The maximum Gasteiger partial charge on any atom is 0.326 e. The van der Waals surface area contributed by atoms with Crippen LogP contribution in [0.2, 0.25) is 0 Å². The quantitative estimate of drug-likeness (QED) is 0.221. The molecular weight excluding hydrogens is 384 g/mol. The molecule has 3 amide bonds. The first-order valence-electron chi connectivity index (χ1n) is 9.42. The lowest BCUT2D eigenvalue weighted by Gasteiger charge is -2.21. The van der Waals surface area contributed by atoms with Crippen molar-refractivity contribution < 1.29 is 34.2 Å². The van der Waals surface area contributed by atoms with Crippen LogP contribution >= 0.6 is 0 Å². The average Bonchev–Trinajstić information content (AvgIpc) is 2.59. The number of carboxylic acid groups (broad SMARTS) is 2. The van der Waals surface area contributed by atoms with Gasteiger partial charge in [-0.1, -0.05) is 27.7 Å². The van der Waals surface area contributed by atoms with Gasteiger partial charge in [-0.25, -0.2) is 4.79 Å². The summed E-state index contributed by atoms with van der Waals surface area (Å²) in [6, 6.07) is -3.17. The smallest absolute Gasteiger partial charge is 0.326 e. The number of rotatable bonds is 13. The first-order valence-corrected chi connectivity index (χ1v) is 9.42. The van der Waals surface area contributed by atoms with Gasteiger partial charge in [-0.05, 0) is 24.7 Å². The predicted octanol–water partition coefficient (Wildman–Crippen LogP) is -0.949. The van der Waals surface area contributed by atoms with Crippen molar-refractivity contribution in [2.45, 2.75) is 65.1 Å². The molecule has 0 aromatic carbocycles. The molecule has 0 spiro atoms. The summed E-state index contributed by atoms with van der Waals surface area (Å²) >= 11 is 0. The van der Waals surface area contributed by atoms with E-state index in [1.54, 1.807) is 13.8 Å². The fraction of sp³-hybridized carbons (Fsp3) is 0.722. The molecule has 3 unspecified atom stereocenters. The van der Waals surface area contributed by atoms with Crippen LogP contribution in [0.5, 0.6) is 0 Å². The highest BCUT2D eigenvalue weighted by atomic mass is 16.4. The Hall–Kier alpha value is -2.69. The zero-order valence-electron chi connectivity index (χ0n) is 17.2. The third-order valence-corrected chi connectivity index (χ3v) is 4.01. The molecule has 0 bridgehead atoms. The second kappa shape index (κ2) is 12.7. The van der Waals surface area contributed by atoms with Crippen LogP contribution in [0.3, 0.4) is 0 Å². The van der Waals surface area contributed by atoms with Gasteiger partial charge in [-0.2, -0.15) is 0 Å². The van der Waals surface area contributed by atoms with Crippen molar-refractivity contribution in [3.63, 3.8) is 0 Å². The van der Waals surface area contributed by atoms with Crippen molar-refractivity contribution in [2.24, 2.45) is 17.6 Å². The summed E-state index contributed by atoms with van der Waals surface area (Å²) in [6.45, 7) is 6.47. The van der Waals surface area contributed by atoms with E-state index in [1.165, 1.54) is 0 Å². The molecule has 0 aromatic heterocycles. The topological polar surface area (TPSA) is 188 Å². The van der Waals surface area contributed by atoms with Crippen LogP contribution in [0.4, 0.5) is 0 Å². The fourth-order valence-corrected chi connectivity index (χ4v) is 2.46. The van der Waals surface area contributed by atoms with Gasteiger partial charge in [0.15, 0.2) is 0 Å². The summed E-state index contributed by atoms with van der Waals surface area (Å²) in [7, 11) is 0. The molecule has 0 saturated carbocycles. The summed E-state index contributed by atoms with van der Waals surface area (Å²) in [5, 5.41) is 24.9. The second-order valence-electron chi connectivity index (χ2n) is 7.57. The molecule has 7 N–H and O–H groups in total. The maximum absolute atomic E-state index is 12.3. The number of carbonyl (C=O) groups excluding carboxylic acids is 3. The average molecular weight is 416 g/mol. The standard InChI is InChI=1S/C18H32N4O7/c1-9(2)7-11(19)16(26)21-12(5-6-14(24)25)17(27)20-8-13(23)22-15(10(3)4)18(28)29/h9-12,15H,5-8,19H2,1-4H3,(H,20,27)(H,21,26)(H,22,23)(H,24,25)(H,28,29). The summed E-state index contributed by atoms with van der Waals surface area (Å²) in [5.41, 5.74) is 5.78. The molecule has 3 atom stereocenters. The Morgan fingerprint density at radius 3 is 1.97 bits per heavy atom. The van der Waals surface area contributed by atoms with E-state index in [4.69, 9.17) is 15.9 Å². The van der Waals surface area contributed by atoms with Gasteiger partial charge in [0, 0.05) is 6.42 Å². The molecule has 0 rings (SSSR count). The van der Waals surface area contributed by atoms with E-state index in [1.807, 2.05) is 13.8 Å². The van der Waals surface area contributed by atoms with Crippen molar-refractivity contribution in [2.75, 3.05) is 6.54 Å². The largest absolute Gasteiger partial charge is 0.481 e. The molecule has 0 heterocycles.